The Morgan fingerprint density at radius 3 is 2.57 bits per heavy atom. The zero-order valence-electron chi connectivity index (χ0n) is 8.26. The molecule has 4 nitrogen and oxygen atoms in total. The minimum absolute atomic E-state index is 0.555. The van der Waals surface area contributed by atoms with Crippen LogP contribution in [0.5, 0.6) is 0 Å². The number of rotatable bonds is 6. The Morgan fingerprint density at radius 1 is 1.21 bits per heavy atom. The highest BCUT2D eigenvalue weighted by Gasteiger charge is 1.93. The van der Waals surface area contributed by atoms with Gasteiger partial charge in [-0.1, -0.05) is 18.5 Å². The second-order valence-corrected chi connectivity index (χ2v) is 3.34. The summed E-state index contributed by atoms with van der Waals surface area (Å²) in [5.41, 5.74) is 0. The highest BCUT2D eigenvalue weighted by molar-refractivity contribution is 6.30. The fraction of sp³-hybridized carbons (Fsp3) is 0.556. The van der Waals surface area contributed by atoms with E-state index in [1.54, 1.807) is 12.4 Å². The van der Waals surface area contributed by atoms with Crippen LogP contribution < -0.4 is 10.6 Å². The topological polar surface area (TPSA) is 49.8 Å². The molecule has 2 N–H and O–H groups in total. The summed E-state index contributed by atoms with van der Waals surface area (Å²) < 4.78 is 0. The van der Waals surface area contributed by atoms with Gasteiger partial charge < -0.3 is 10.6 Å². The summed E-state index contributed by atoms with van der Waals surface area (Å²) >= 11 is 5.65. The van der Waals surface area contributed by atoms with Gasteiger partial charge in [0.15, 0.2) is 0 Å². The van der Waals surface area contributed by atoms with Crippen molar-refractivity contribution in [3.63, 3.8) is 0 Å². The number of nitrogens with one attached hydrogen (secondary N) is 2. The minimum Gasteiger partial charge on any atom is -0.353 e. The third-order valence-corrected chi connectivity index (χ3v) is 1.83. The van der Waals surface area contributed by atoms with Gasteiger partial charge in [-0.25, -0.2) is 9.97 Å². The number of anilines is 1. The molecule has 0 saturated carbocycles. The van der Waals surface area contributed by atoms with Crippen LogP contribution in [0, 0.1) is 0 Å². The lowest BCUT2D eigenvalue weighted by atomic mass is 10.5. The van der Waals surface area contributed by atoms with Gasteiger partial charge in [-0.2, -0.15) is 0 Å². The van der Waals surface area contributed by atoms with Gasteiger partial charge in [-0.05, 0) is 13.0 Å². The summed E-state index contributed by atoms with van der Waals surface area (Å²) in [5, 5.41) is 6.92. The lowest BCUT2D eigenvalue weighted by Gasteiger charge is -2.04. The number of hydrogen-bond donors (Lipinski definition) is 2. The maximum absolute atomic E-state index is 5.65. The van der Waals surface area contributed by atoms with Crippen molar-refractivity contribution in [1.29, 1.82) is 0 Å². The summed E-state index contributed by atoms with van der Waals surface area (Å²) in [5.74, 6) is 0.618. The molecule has 0 spiro atoms. The summed E-state index contributed by atoms with van der Waals surface area (Å²) in [6, 6.07) is 0. The first-order valence-corrected chi connectivity index (χ1v) is 5.13. The van der Waals surface area contributed by atoms with Gasteiger partial charge >= 0.3 is 0 Å². The summed E-state index contributed by atoms with van der Waals surface area (Å²) in [6.45, 7) is 4.92. The van der Waals surface area contributed by atoms with Crippen LogP contribution in [-0.4, -0.2) is 29.6 Å². The first-order chi connectivity index (χ1) is 6.83. The SMILES string of the molecule is CCCNCCNc1ncc(Cl)cn1. The van der Waals surface area contributed by atoms with Gasteiger partial charge in [0.2, 0.25) is 5.95 Å². The van der Waals surface area contributed by atoms with Crippen LogP contribution in [0.25, 0.3) is 0 Å². The van der Waals surface area contributed by atoms with E-state index in [2.05, 4.69) is 27.5 Å². The fourth-order valence-corrected chi connectivity index (χ4v) is 1.07. The molecule has 14 heavy (non-hydrogen) atoms. The molecule has 0 unspecified atom stereocenters. The Morgan fingerprint density at radius 2 is 1.93 bits per heavy atom. The molecular weight excluding hydrogens is 200 g/mol. The van der Waals surface area contributed by atoms with Crippen molar-refractivity contribution >= 4 is 17.5 Å². The first kappa shape index (κ1) is 11.2. The van der Waals surface area contributed by atoms with E-state index in [0.29, 0.717) is 11.0 Å². The Hall–Kier alpha value is -0.870. The lowest BCUT2D eigenvalue weighted by molar-refractivity contribution is 0.686. The predicted octanol–water partition coefficient (Wildman–Crippen LogP) is 1.54. The normalized spacial score (nSPS) is 10.1. The van der Waals surface area contributed by atoms with E-state index >= 15 is 0 Å². The molecule has 0 aromatic carbocycles. The molecule has 78 valence electrons. The van der Waals surface area contributed by atoms with E-state index in [-0.39, 0.29) is 0 Å². The summed E-state index contributed by atoms with van der Waals surface area (Å²) in [7, 11) is 0. The molecule has 0 aliphatic carbocycles. The van der Waals surface area contributed by atoms with Gasteiger partial charge in [0.05, 0.1) is 17.4 Å². The van der Waals surface area contributed by atoms with E-state index in [9.17, 15) is 0 Å². The van der Waals surface area contributed by atoms with Gasteiger partial charge in [0.1, 0.15) is 0 Å². The van der Waals surface area contributed by atoms with Crippen molar-refractivity contribution < 1.29 is 0 Å². The molecule has 1 aromatic rings. The number of aromatic nitrogens is 2. The highest BCUT2D eigenvalue weighted by Crippen LogP contribution is 2.04. The zero-order chi connectivity index (χ0) is 10.2. The van der Waals surface area contributed by atoms with Crippen LogP contribution in [0.3, 0.4) is 0 Å². The Labute approximate surface area is 89.1 Å². The van der Waals surface area contributed by atoms with Crippen LogP contribution in [0.1, 0.15) is 13.3 Å². The Bertz CT molecular complexity index is 249. The van der Waals surface area contributed by atoms with Crippen molar-refractivity contribution in [3.8, 4) is 0 Å². The molecule has 0 atom stereocenters. The van der Waals surface area contributed by atoms with Crippen molar-refractivity contribution in [2.45, 2.75) is 13.3 Å². The average Bonchev–Trinajstić information content (AvgIpc) is 2.21. The monoisotopic (exact) mass is 214 g/mol. The zero-order valence-corrected chi connectivity index (χ0v) is 9.01. The first-order valence-electron chi connectivity index (χ1n) is 4.75. The molecule has 0 fully saturated rings. The fourth-order valence-electron chi connectivity index (χ4n) is 0.968. The Balaban J connectivity index is 2.15. The molecule has 1 rings (SSSR count). The van der Waals surface area contributed by atoms with Gasteiger partial charge in [0, 0.05) is 13.1 Å². The second kappa shape index (κ2) is 6.56. The van der Waals surface area contributed by atoms with E-state index in [4.69, 9.17) is 11.6 Å². The van der Waals surface area contributed by atoms with Crippen molar-refractivity contribution in [1.82, 2.24) is 15.3 Å². The molecule has 5 heteroatoms. The standard InChI is InChI=1S/C9H15ClN4/c1-2-3-11-4-5-12-9-13-6-8(10)7-14-9/h6-7,11H,2-5H2,1H3,(H,12,13,14). The van der Waals surface area contributed by atoms with Crippen molar-refractivity contribution in [2.24, 2.45) is 0 Å². The molecule has 0 saturated heterocycles. The van der Waals surface area contributed by atoms with Crippen LogP contribution in [0.2, 0.25) is 5.02 Å². The van der Waals surface area contributed by atoms with E-state index in [1.165, 1.54) is 0 Å². The second-order valence-electron chi connectivity index (χ2n) is 2.90. The molecule has 0 aliphatic heterocycles. The van der Waals surface area contributed by atoms with Crippen LogP contribution in [0.4, 0.5) is 5.95 Å². The predicted molar refractivity (Wildman–Crippen MR) is 58.7 cm³/mol. The minimum atomic E-state index is 0.555. The quantitative estimate of drug-likeness (QED) is 0.706. The molecule has 0 aliphatic rings. The number of hydrogen-bond acceptors (Lipinski definition) is 4. The molecule has 1 aromatic heterocycles. The van der Waals surface area contributed by atoms with Crippen molar-refractivity contribution in [3.05, 3.63) is 17.4 Å². The largest absolute Gasteiger partial charge is 0.353 e. The Kier molecular flexibility index (Phi) is 5.25. The molecule has 0 amide bonds. The van der Waals surface area contributed by atoms with Gasteiger partial charge in [-0.15, -0.1) is 0 Å². The van der Waals surface area contributed by atoms with Gasteiger partial charge in [-0.3, -0.25) is 0 Å². The molecule has 1 heterocycles. The molecular formula is C9H15ClN4. The number of nitrogens with zero attached hydrogens (tertiary/aromatic N) is 2. The lowest BCUT2D eigenvalue weighted by Crippen LogP contribution is -2.23. The van der Waals surface area contributed by atoms with Crippen LogP contribution in [0.15, 0.2) is 12.4 Å². The third kappa shape index (κ3) is 4.39. The maximum Gasteiger partial charge on any atom is 0.222 e. The van der Waals surface area contributed by atoms with Crippen LogP contribution >= 0.6 is 11.6 Å². The smallest absolute Gasteiger partial charge is 0.222 e. The molecule has 0 bridgehead atoms. The van der Waals surface area contributed by atoms with Crippen molar-refractivity contribution in [2.75, 3.05) is 25.0 Å². The van der Waals surface area contributed by atoms with E-state index < -0.39 is 0 Å². The van der Waals surface area contributed by atoms with Crippen LogP contribution in [-0.2, 0) is 0 Å². The third-order valence-electron chi connectivity index (χ3n) is 1.63. The van der Waals surface area contributed by atoms with E-state index in [0.717, 1.165) is 26.1 Å². The molecule has 0 radical (unpaired) electrons. The summed E-state index contributed by atoms with van der Waals surface area (Å²) in [4.78, 5) is 8.03. The average molecular weight is 215 g/mol. The van der Waals surface area contributed by atoms with Gasteiger partial charge in [0.25, 0.3) is 0 Å². The maximum atomic E-state index is 5.65. The summed E-state index contributed by atoms with van der Waals surface area (Å²) in [6.07, 6.45) is 4.31. The van der Waals surface area contributed by atoms with E-state index in [1.807, 2.05) is 0 Å². The highest BCUT2D eigenvalue weighted by atomic mass is 35.5. The number of halogens is 1.